The number of hydrogen-bond donors (Lipinski definition) is 1. The van der Waals surface area contributed by atoms with Gasteiger partial charge in [-0.05, 0) is 24.3 Å². The second-order valence-electron chi connectivity index (χ2n) is 5.61. The van der Waals surface area contributed by atoms with Crippen LogP contribution in [0.1, 0.15) is 12.0 Å². The number of hydrogen-bond acceptors (Lipinski definition) is 7. The third kappa shape index (κ3) is 5.52. The van der Waals surface area contributed by atoms with Gasteiger partial charge in [-0.2, -0.15) is 19.1 Å². The van der Waals surface area contributed by atoms with Crippen LogP contribution in [0.5, 0.6) is 11.5 Å². The van der Waals surface area contributed by atoms with Gasteiger partial charge in [-0.15, -0.1) is 0 Å². The van der Waals surface area contributed by atoms with Gasteiger partial charge in [-0.25, -0.2) is 0 Å². The van der Waals surface area contributed by atoms with E-state index in [1.54, 1.807) is 0 Å². The molecule has 9 nitrogen and oxygen atoms in total. The predicted octanol–water partition coefficient (Wildman–Crippen LogP) is 0.692. The van der Waals surface area contributed by atoms with Crippen molar-refractivity contribution in [2.24, 2.45) is 5.73 Å². The fourth-order valence-corrected chi connectivity index (χ4v) is 2.41. The maximum Gasteiger partial charge on any atom is 0.387 e. The summed E-state index contributed by atoms with van der Waals surface area (Å²) in [4.78, 5) is 22.1. The number of nitrogens with zero attached hydrogens (tertiary/aromatic N) is 3. The number of carboxylic acid groups (broad SMARTS) is 1. The number of aliphatic carboxylic acids is 1. The summed E-state index contributed by atoms with van der Waals surface area (Å²) < 4.78 is 35.8. The SMILES string of the molecule is COc1cc(-c2nn(CCC(N)=O)cc2/C=C(/C#N)C(=O)[O-])ccc1OC(F)F. The molecule has 0 atom stereocenters. The Labute approximate surface area is 163 Å². The van der Waals surface area contributed by atoms with Crippen molar-refractivity contribution in [3.05, 3.63) is 35.5 Å². The van der Waals surface area contributed by atoms with Gasteiger partial charge in [0.1, 0.15) is 6.07 Å². The lowest BCUT2D eigenvalue weighted by Crippen LogP contribution is -2.23. The highest BCUT2D eigenvalue weighted by atomic mass is 19.3. The minimum Gasteiger partial charge on any atom is -0.544 e. The van der Waals surface area contributed by atoms with Crippen molar-refractivity contribution >= 4 is 18.0 Å². The number of rotatable bonds is 9. The number of methoxy groups -OCH3 is 1. The number of nitrogens with two attached hydrogens (primary N) is 1. The fourth-order valence-electron chi connectivity index (χ4n) is 2.41. The van der Waals surface area contributed by atoms with Crippen LogP contribution in [0, 0.1) is 11.3 Å². The van der Waals surface area contributed by atoms with E-state index in [0.29, 0.717) is 5.56 Å². The van der Waals surface area contributed by atoms with Crippen LogP contribution in [0.2, 0.25) is 0 Å². The largest absolute Gasteiger partial charge is 0.544 e. The van der Waals surface area contributed by atoms with E-state index >= 15 is 0 Å². The van der Waals surface area contributed by atoms with Crippen molar-refractivity contribution in [3.63, 3.8) is 0 Å². The molecule has 0 aliphatic heterocycles. The van der Waals surface area contributed by atoms with E-state index in [-0.39, 0.29) is 35.7 Å². The minimum atomic E-state index is -3.05. The molecule has 0 unspecified atom stereocenters. The number of aryl methyl sites for hydroxylation is 1. The molecule has 2 aromatic rings. The Bertz CT molecular complexity index is 995. The molecule has 0 aliphatic carbocycles. The van der Waals surface area contributed by atoms with Gasteiger partial charge in [0.15, 0.2) is 11.5 Å². The summed E-state index contributed by atoms with van der Waals surface area (Å²) in [7, 11) is 1.26. The highest BCUT2D eigenvalue weighted by Crippen LogP contribution is 2.34. The quantitative estimate of drug-likeness (QED) is 0.477. The van der Waals surface area contributed by atoms with Gasteiger partial charge in [0, 0.05) is 30.3 Å². The molecule has 2 N–H and O–H groups in total. The summed E-state index contributed by atoms with van der Waals surface area (Å²) >= 11 is 0. The number of nitriles is 1. The Morgan fingerprint density at radius 3 is 2.69 bits per heavy atom. The van der Waals surface area contributed by atoms with Crippen molar-refractivity contribution in [2.75, 3.05) is 7.11 Å². The molecule has 0 spiro atoms. The van der Waals surface area contributed by atoms with Crippen molar-refractivity contribution in [3.8, 4) is 28.8 Å². The van der Waals surface area contributed by atoms with Crippen LogP contribution in [-0.2, 0) is 16.1 Å². The highest BCUT2D eigenvalue weighted by Gasteiger charge is 2.16. The summed E-state index contributed by atoms with van der Waals surface area (Å²) in [5.74, 6) is -2.46. The molecule has 29 heavy (non-hydrogen) atoms. The zero-order valence-electron chi connectivity index (χ0n) is 15.1. The molecular weight excluding hydrogens is 390 g/mol. The second kappa shape index (κ2) is 9.32. The van der Waals surface area contributed by atoms with E-state index in [0.717, 1.165) is 6.08 Å². The zero-order valence-corrected chi connectivity index (χ0v) is 15.1. The molecule has 1 aromatic carbocycles. The number of alkyl halides is 2. The van der Waals surface area contributed by atoms with E-state index in [1.807, 2.05) is 0 Å². The number of benzene rings is 1. The molecule has 11 heteroatoms. The van der Waals surface area contributed by atoms with Gasteiger partial charge in [0.05, 0.1) is 24.3 Å². The lowest BCUT2D eigenvalue weighted by molar-refractivity contribution is -0.298. The molecule has 0 fully saturated rings. The molecule has 2 rings (SSSR count). The topological polar surface area (TPSA) is 143 Å². The predicted molar refractivity (Wildman–Crippen MR) is 93.3 cm³/mol. The standard InChI is InChI=1S/C18H16F2N4O5/c1-28-14-7-10(2-3-13(14)29-18(19)20)16-12(6-11(8-21)17(26)27)9-24(23-16)5-4-15(22)25/h2-3,6-7,9,18H,4-5H2,1H3,(H2,22,25)(H,26,27)/p-1/b11-6-. The van der Waals surface area contributed by atoms with Gasteiger partial charge in [0.2, 0.25) is 5.91 Å². The Balaban J connectivity index is 2.56. The van der Waals surface area contributed by atoms with Crippen molar-refractivity contribution < 1.29 is 33.0 Å². The lowest BCUT2D eigenvalue weighted by atomic mass is 10.1. The van der Waals surface area contributed by atoms with E-state index in [1.165, 1.54) is 42.3 Å². The van der Waals surface area contributed by atoms with Crippen LogP contribution in [0.3, 0.4) is 0 Å². The number of carboxylic acids is 1. The summed E-state index contributed by atoms with van der Waals surface area (Å²) in [6.45, 7) is -2.95. The number of amides is 1. The van der Waals surface area contributed by atoms with Gasteiger partial charge in [-0.3, -0.25) is 9.48 Å². The summed E-state index contributed by atoms with van der Waals surface area (Å²) in [5.41, 5.74) is 5.27. The van der Waals surface area contributed by atoms with E-state index in [4.69, 9.17) is 15.7 Å². The zero-order chi connectivity index (χ0) is 21.6. The summed E-state index contributed by atoms with van der Waals surface area (Å²) in [6.07, 6.45) is 2.43. The maximum atomic E-state index is 12.5. The first-order chi connectivity index (χ1) is 13.7. The van der Waals surface area contributed by atoms with Crippen molar-refractivity contribution in [1.82, 2.24) is 9.78 Å². The number of halogens is 2. The van der Waals surface area contributed by atoms with Crippen LogP contribution < -0.4 is 20.3 Å². The molecule has 1 aromatic heterocycles. The van der Waals surface area contributed by atoms with Gasteiger partial charge in [-0.1, -0.05) is 0 Å². The lowest BCUT2D eigenvalue weighted by Gasteiger charge is -2.11. The molecule has 0 saturated heterocycles. The maximum absolute atomic E-state index is 12.5. The molecule has 152 valence electrons. The van der Waals surface area contributed by atoms with Crippen LogP contribution >= 0.6 is 0 Å². The van der Waals surface area contributed by atoms with E-state index < -0.39 is 24.1 Å². The Morgan fingerprint density at radius 2 is 2.14 bits per heavy atom. The molecule has 0 saturated carbocycles. The Morgan fingerprint density at radius 1 is 1.41 bits per heavy atom. The molecule has 0 radical (unpaired) electrons. The molecule has 0 aliphatic rings. The van der Waals surface area contributed by atoms with Gasteiger partial charge < -0.3 is 25.1 Å². The third-order valence-corrected chi connectivity index (χ3v) is 3.67. The van der Waals surface area contributed by atoms with Crippen LogP contribution in [-0.4, -0.2) is 35.4 Å². The van der Waals surface area contributed by atoms with Crippen LogP contribution in [0.4, 0.5) is 8.78 Å². The smallest absolute Gasteiger partial charge is 0.387 e. The number of aromatic nitrogens is 2. The molecule has 1 heterocycles. The van der Waals surface area contributed by atoms with Gasteiger partial charge >= 0.3 is 6.61 Å². The molecular formula is C18H15F2N4O5-. The molecule has 0 bridgehead atoms. The second-order valence-corrected chi connectivity index (χ2v) is 5.61. The number of primary amides is 1. The highest BCUT2D eigenvalue weighted by molar-refractivity contribution is 5.96. The van der Waals surface area contributed by atoms with Crippen molar-refractivity contribution in [1.29, 1.82) is 5.26 Å². The Hall–Kier alpha value is -3.94. The first kappa shape index (κ1) is 21.4. The number of ether oxygens (including phenoxy) is 2. The van der Waals surface area contributed by atoms with E-state index in [9.17, 15) is 23.5 Å². The molecule has 1 amide bonds. The van der Waals surface area contributed by atoms with Crippen molar-refractivity contribution in [2.45, 2.75) is 19.6 Å². The van der Waals surface area contributed by atoms with Gasteiger partial charge in [0.25, 0.3) is 0 Å². The minimum absolute atomic E-state index is 0.00942. The third-order valence-electron chi connectivity index (χ3n) is 3.67. The summed E-state index contributed by atoms with van der Waals surface area (Å²) in [6, 6.07) is 5.51. The fraction of sp³-hybridized carbons (Fsp3) is 0.222. The average Bonchev–Trinajstić information content (AvgIpc) is 3.06. The van der Waals surface area contributed by atoms with Crippen LogP contribution in [0.15, 0.2) is 30.0 Å². The Kier molecular flexibility index (Phi) is 6.86. The number of carbonyl (C=O) groups excluding carboxylic acids is 2. The first-order valence-electron chi connectivity index (χ1n) is 8.07. The monoisotopic (exact) mass is 405 g/mol. The summed E-state index contributed by atoms with van der Waals surface area (Å²) in [5, 5.41) is 24.3. The number of carbonyl (C=O) groups is 2. The normalized spacial score (nSPS) is 11.2. The van der Waals surface area contributed by atoms with Crippen LogP contribution in [0.25, 0.3) is 17.3 Å². The average molecular weight is 405 g/mol. The van der Waals surface area contributed by atoms with E-state index in [2.05, 4.69) is 9.84 Å². The first-order valence-corrected chi connectivity index (χ1v) is 8.07.